The zero-order chi connectivity index (χ0) is 18.8. The first-order chi connectivity index (χ1) is 13.2. The Labute approximate surface area is 159 Å². The fraction of sp³-hybridized carbons (Fsp3) is 0.0500. The number of fused-ring (bicyclic) bond motifs is 1. The zero-order valence-electron chi connectivity index (χ0n) is 14.4. The van der Waals surface area contributed by atoms with Gasteiger partial charge in [0.2, 0.25) is 4.77 Å². The van der Waals surface area contributed by atoms with E-state index in [1.165, 1.54) is 10.7 Å². The van der Waals surface area contributed by atoms with E-state index in [-0.39, 0.29) is 4.77 Å². The summed E-state index contributed by atoms with van der Waals surface area (Å²) in [5.74, 6) is 0.583. The maximum absolute atomic E-state index is 14.2. The molecule has 5 nitrogen and oxygen atoms in total. The van der Waals surface area contributed by atoms with Crippen LogP contribution in [0.5, 0.6) is 5.75 Å². The molecule has 1 aromatic heterocycles. The monoisotopic (exact) mass is 378 g/mol. The molecule has 0 amide bonds. The van der Waals surface area contributed by atoms with Crippen LogP contribution in [0.25, 0.3) is 22.2 Å². The van der Waals surface area contributed by atoms with E-state index in [1.807, 2.05) is 36.4 Å². The molecule has 1 heterocycles. The highest BCUT2D eigenvalue weighted by Gasteiger charge is 2.13. The Morgan fingerprint density at radius 1 is 1.11 bits per heavy atom. The fourth-order valence-corrected chi connectivity index (χ4v) is 3.10. The van der Waals surface area contributed by atoms with Gasteiger partial charge >= 0.3 is 0 Å². The first-order valence-electron chi connectivity index (χ1n) is 8.21. The normalized spacial score (nSPS) is 11.3. The molecule has 0 aliphatic carbocycles. The van der Waals surface area contributed by atoms with Crippen LogP contribution in [0.4, 0.5) is 4.39 Å². The van der Waals surface area contributed by atoms with Crippen molar-refractivity contribution in [1.82, 2.24) is 14.9 Å². The van der Waals surface area contributed by atoms with Gasteiger partial charge in [0.25, 0.3) is 0 Å². The first-order valence-corrected chi connectivity index (χ1v) is 8.62. The van der Waals surface area contributed by atoms with E-state index in [0.29, 0.717) is 17.1 Å². The number of aromatic amines is 1. The molecule has 7 heteroatoms. The third-order valence-corrected chi connectivity index (χ3v) is 4.48. The number of nitrogens with zero attached hydrogens (tertiary/aromatic N) is 3. The summed E-state index contributed by atoms with van der Waals surface area (Å²) in [7, 11) is 1.61. The molecule has 0 aliphatic rings. The van der Waals surface area contributed by atoms with E-state index >= 15 is 0 Å². The van der Waals surface area contributed by atoms with Crippen molar-refractivity contribution in [3.63, 3.8) is 0 Å². The topological polar surface area (TPSA) is 55.2 Å². The maximum Gasteiger partial charge on any atom is 0.216 e. The summed E-state index contributed by atoms with van der Waals surface area (Å²) in [4.78, 5) is 0. The van der Waals surface area contributed by atoms with Gasteiger partial charge in [-0.15, -0.1) is 0 Å². The second-order valence-electron chi connectivity index (χ2n) is 5.79. The van der Waals surface area contributed by atoms with Crippen molar-refractivity contribution in [3.8, 4) is 17.1 Å². The maximum atomic E-state index is 14.2. The predicted octanol–water partition coefficient (Wildman–Crippen LogP) is 4.79. The van der Waals surface area contributed by atoms with Gasteiger partial charge in [0, 0.05) is 5.56 Å². The quantitative estimate of drug-likeness (QED) is 0.410. The lowest BCUT2D eigenvalue weighted by Crippen LogP contribution is -1.98. The summed E-state index contributed by atoms with van der Waals surface area (Å²) in [5.41, 5.74) is 1.12. The molecule has 0 spiro atoms. The molecule has 4 rings (SSSR count). The molecule has 4 aromatic rings. The second kappa shape index (κ2) is 7.13. The molecule has 0 unspecified atom stereocenters. The molecule has 0 saturated heterocycles. The Kier molecular flexibility index (Phi) is 4.52. The number of halogens is 1. The summed E-state index contributed by atoms with van der Waals surface area (Å²) in [5, 5.41) is 13.3. The van der Waals surface area contributed by atoms with Crippen molar-refractivity contribution >= 4 is 29.2 Å². The third kappa shape index (κ3) is 3.13. The number of hydrogen-bond donors (Lipinski definition) is 1. The number of ether oxygens (including phenoxy) is 1. The van der Waals surface area contributed by atoms with Crippen molar-refractivity contribution in [2.24, 2.45) is 5.10 Å². The minimum Gasteiger partial charge on any atom is -0.496 e. The van der Waals surface area contributed by atoms with Gasteiger partial charge in [-0.25, -0.2) is 9.49 Å². The van der Waals surface area contributed by atoms with Gasteiger partial charge in [0.15, 0.2) is 5.82 Å². The van der Waals surface area contributed by atoms with Gasteiger partial charge in [-0.1, -0.05) is 42.5 Å². The highest BCUT2D eigenvalue weighted by Crippen LogP contribution is 2.27. The SMILES string of the molecule is COc1ccc2ccccc2c1C=Nn1c(-c2ccccc2F)n[nH]c1=S. The molecule has 0 radical (unpaired) electrons. The molecule has 0 aliphatic heterocycles. The first kappa shape index (κ1) is 17.1. The standard InChI is InChI=1S/C20H15FN4OS/c1-26-18-11-10-13-6-2-3-7-14(13)16(18)12-22-25-19(23-24-20(25)27)15-8-4-5-9-17(15)21/h2-12H,1H3,(H,24,27). The van der Waals surface area contributed by atoms with Crippen molar-refractivity contribution in [2.75, 3.05) is 7.11 Å². The molecular formula is C20H15FN4OS. The summed E-state index contributed by atoms with van der Waals surface area (Å²) < 4.78 is 21.3. The largest absolute Gasteiger partial charge is 0.496 e. The van der Waals surface area contributed by atoms with Crippen LogP contribution in [-0.4, -0.2) is 28.2 Å². The Hall–Kier alpha value is -3.32. The van der Waals surface area contributed by atoms with Crippen molar-refractivity contribution in [1.29, 1.82) is 0 Å². The average Bonchev–Trinajstić information content (AvgIpc) is 3.06. The molecule has 3 aromatic carbocycles. The van der Waals surface area contributed by atoms with Gasteiger partial charge in [0.05, 0.1) is 18.9 Å². The molecule has 1 N–H and O–H groups in total. The summed E-state index contributed by atoms with van der Waals surface area (Å²) in [6.07, 6.45) is 1.65. The van der Waals surface area contributed by atoms with E-state index in [0.717, 1.165) is 16.3 Å². The number of nitrogens with one attached hydrogen (secondary N) is 1. The zero-order valence-corrected chi connectivity index (χ0v) is 15.2. The van der Waals surface area contributed by atoms with E-state index in [1.54, 1.807) is 31.5 Å². The minimum atomic E-state index is -0.398. The van der Waals surface area contributed by atoms with Gasteiger partial charge < -0.3 is 4.74 Å². The highest BCUT2D eigenvalue weighted by atomic mass is 32.1. The van der Waals surface area contributed by atoms with Crippen LogP contribution in [0, 0.1) is 10.6 Å². The van der Waals surface area contributed by atoms with Crippen molar-refractivity contribution < 1.29 is 9.13 Å². The van der Waals surface area contributed by atoms with Crippen LogP contribution >= 0.6 is 12.2 Å². The molecule has 0 fully saturated rings. The van der Waals surface area contributed by atoms with Crippen LogP contribution < -0.4 is 4.74 Å². The molecule has 0 atom stereocenters. The Bertz CT molecular complexity index is 1210. The third-order valence-electron chi connectivity index (χ3n) is 4.22. The van der Waals surface area contributed by atoms with Gasteiger partial charge in [-0.05, 0) is 41.2 Å². The van der Waals surface area contributed by atoms with E-state index in [9.17, 15) is 4.39 Å². The van der Waals surface area contributed by atoms with Gasteiger partial charge in [-0.3, -0.25) is 0 Å². The Balaban J connectivity index is 1.86. The van der Waals surface area contributed by atoms with Crippen molar-refractivity contribution in [2.45, 2.75) is 0 Å². The lowest BCUT2D eigenvalue weighted by Gasteiger charge is -2.08. The Morgan fingerprint density at radius 3 is 2.70 bits per heavy atom. The van der Waals surface area contributed by atoms with E-state index in [4.69, 9.17) is 17.0 Å². The van der Waals surface area contributed by atoms with Crippen LogP contribution in [0.1, 0.15) is 5.56 Å². The molecule has 134 valence electrons. The van der Waals surface area contributed by atoms with Crippen LogP contribution in [0.3, 0.4) is 0 Å². The number of rotatable bonds is 4. The smallest absolute Gasteiger partial charge is 0.216 e. The average molecular weight is 378 g/mol. The van der Waals surface area contributed by atoms with Crippen LogP contribution in [0.2, 0.25) is 0 Å². The molecule has 27 heavy (non-hydrogen) atoms. The summed E-state index contributed by atoms with van der Waals surface area (Å²) in [6, 6.07) is 18.2. The minimum absolute atomic E-state index is 0.267. The van der Waals surface area contributed by atoms with E-state index in [2.05, 4.69) is 15.3 Å². The second-order valence-corrected chi connectivity index (χ2v) is 6.18. The predicted molar refractivity (Wildman–Crippen MR) is 106 cm³/mol. The highest BCUT2D eigenvalue weighted by molar-refractivity contribution is 7.71. The summed E-state index contributed by atoms with van der Waals surface area (Å²) in [6.45, 7) is 0. The van der Waals surface area contributed by atoms with Gasteiger partial charge in [-0.2, -0.15) is 14.9 Å². The van der Waals surface area contributed by atoms with Gasteiger partial charge in [0.1, 0.15) is 11.6 Å². The lowest BCUT2D eigenvalue weighted by molar-refractivity contribution is 0.415. The molecular weight excluding hydrogens is 363 g/mol. The Morgan fingerprint density at radius 2 is 1.89 bits per heavy atom. The molecule has 0 saturated carbocycles. The van der Waals surface area contributed by atoms with E-state index < -0.39 is 5.82 Å². The number of methoxy groups -OCH3 is 1. The van der Waals surface area contributed by atoms with Crippen LogP contribution in [0.15, 0.2) is 65.8 Å². The summed E-state index contributed by atoms with van der Waals surface area (Å²) >= 11 is 5.27. The van der Waals surface area contributed by atoms with Crippen molar-refractivity contribution in [3.05, 3.63) is 76.8 Å². The fourth-order valence-electron chi connectivity index (χ4n) is 2.92. The molecule has 0 bridgehead atoms. The number of hydrogen-bond acceptors (Lipinski definition) is 4. The number of aromatic nitrogens is 3. The van der Waals surface area contributed by atoms with Crippen LogP contribution in [-0.2, 0) is 0 Å². The number of H-pyrrole nitrogens is 1. The lowest BCUT2D eigenvalue weighted by atomic mass is 10.0. The number of benzene rings is 3.